The normalized spacial score (nSPS) is 13.4. The summed E-state index contributed by atoms with van der Waals surface area (Å²) in [6.07, 6.45) is 2.88. The van der Waals surface area contributed by atoms with Crippen LogP contribution in [0.5, 0.6) is 0 Å². The zero-order valence-electron chi connectivity index (χ0n) is 14.8. The number of benzene rings is 2. The average Bonchev–Trinajstić information content (AvgIpc) is 2.67. The Hall–Kier alpha value is -2.88. The zero-order chi connectivity index (χ0) is 18.1. The molecule has 0 aromatic heterocycles. The number of carbonyl (C=O) groups excluding carboxylic acids is 1. The van der Waals surface area contributed by atoms with E-state index in [-0.39, 0.29) is 5.92 Å². The Morgan fingerprint density at radius 3 is 2.24 bits per heavy atom. The summed E-state index contributed by atoms with van der Waals surface area (Å²) < 4.78 is 0. The fourth-order valence-electron chi connectivity index (χ4n) is 2.72. The van der Waals surface area contributed by atoms with Gasteiger partial charge in [0.05, 0.1) is 5.69 Å². The van der Waals surface area contributed by atoms with Crippen LogP contribution in [-0.2, 0) is 4.79 Å². The van der Waals surface area contributed by atoms with E-state index in [1.54, 1.807) is 6.20 Å². The number of amidine groups is 1. The van der Waals surface area contributed by atoms with Gasteiger partial charge in [-0.15, -0.1) is 0 Å². The van der Waals surface area contributed by atoms with Gasteiger partial charge in [-0.3, -0.25) is 0 Å². The molecule has 0 bridgehead atoms. The highest BCUT2D eigenvalue weighted by molar-refractivity contribution is 6.01. The van der Waals surface area contributed by atoms with E-state index in [0.717, 1.165) is 35.5 Å². The van der Waals surface area contributed by atoms with Gasteiger partial charge in [0.1, 0.15) is 12.1 Å². The van der Waals surface area contributed by atoms with Crippen LogP contribution in [-0.4, -0.2) is 30.6 Å². The number of aldehydes is 1. The second-order valence-electron chi connectivity index (χ2n) is 5.77. The predicted molar refractivity (Wildman–Crippen MR) is 104 cm³/mol. The van der Waals surface area contributed by atoms with Gasteiger partial charge in [0.2, 0.25) is 0 Å². The van der Waals surface area contributed by atoms with E-state index < -0.39 is 0 Å². The van der Waals surface area contributed by atoms with E-state index in [2.05, 4.69) is 6.92 Å². The molecule has 0 aliphatic heterocycles. The molecule has 0 heterocycles. The molecule has 130 valence electrons. The van der Waals surface area contributed by atoms with Crippen molar-refractivity contribution in [2.75, 3.05) is 13.6 Å². The molecule has 0 amide bonds. The van der Waals surface area contributed by atoms with Crippen LogP contribution in [0.15, 0.2) is 77.4 Å². The van der Waals surface area contributed by atoms with Gasteiger partial charge in [0.25, 0.3) is 0 Å². The van der Waals surface area contributed by atoms with Crippen LogP contribution in [0, 0.1) is 0 Å². The van der Waals surface area contributed by atoms with Gasteiger partial charge in [-0.05, 0) is 24.6 Å². The van der Waals surface area contributed by atoms with E-state index in [9.17, 15) is 4.79 Å². The van der Waals surface area contributed by atoms with Crippen LogP contribution >= 0.6 is 0 Å². The van der Waals surface area contributed by atoms with E-state index in [4.69, 9.17) is 10.7 Å². The highest BCUT2D eigenvalue weighted by Crippen LogP contribution is 2.29. The van der Waals surface area contributed by atoms with Crippen molar-refractivity contribution in [3.8, 4) is 0 Å². The number of para-hydroxylation sites is 1. The number of likely N-dealkylation sites (N-methyl/N-ethyl adjacent to an activating group) is 1. The summed E-state index contributed by atoms with van der Waals surface area (Å²) in [4.78, 5) is 18.2. The third-order valence-corrected chi connectivity index (χ3v) is 4.17. The lowest BCUT2D eigenvalue weighted by molar-refractivity contribution is -0.108. The fraction of sp³-hybridized carbons (Fsp3) is 0.238. The second kappa shape index (κ2) is 9.42. The van der Waals surface area contributed by atoms with Crippen LogP contribution < -0.4 is 5.73 Å². The first-order valence-corrected chi connectivity index (χ1v) is 8.46. The molecule has 0 radical (unpaired) electrons. The van der Waals surface area contributed by atoms with Crippen molar-refractivity contribution >= 4 is 17.8 Å². The molecule has 2 aromatic rings. The Morgan fingerprint density at radius 2 is 1.72 bits per heavy atom. The van der Waals surface area contributed by atoms with Crippen LogP contribution in [0.25, 0.3) is 0 Å². The van der Waals surface area contributed by atoms with Gasteiger partial charge >= 0.3 is 0 Å². The van der Waals surface area contributed by atoms with Gasteiger partial charge in [-0.25, -0.2) is 4.99 Å². The van der Waals surface area contributed by atoms with Crippen molar-refractivity contribution in [2.45, 2.75) is 19.3 Å². The van der Waals surface area contributed by atoms with E-state index in [0.29, 0.717) is 6.42 Å². The lowest BCUT2D eigenvalue weighted by Gasteiger charge is -2.26. The molecule has 25 heavy (non-hydrogen) atoms. The largest absolute Gasteiger partial charge is 0.404 e. The van der Waals surface area contributed by atoms with Gasteiger partial charge in [-0.1, -0.05) is 48.5 Å². The van der Waals surface area contributed by atoms with E-state index in [1.807, 2.05) is 72.6 Å². The smallest absolute Gasteiger partial charge is 0.134 e. The Labute approximate surface area is 149 Å². The van der Waals surface area contributed by atoms with Crippen LogP contribution in [0.4, 0.5) is 5.69 Å². The SMILES string of the molecule is CCN(C)C(=Nc1ccccc1)/C(=C\N)C(CC=O)c1ccccc1. The first-order chi connectivity index (χ1) is 12.2. The Morgan fingerprint density at radius 1 is 1.12 bits per heavy atom. The van der Waals surface area contributed by atoms with Gasteiger partial charge in [-0.2, -0.15) is 0 Å². The summed E-state index contributed by atoms with van der Waals surface area (Å²) >= 11 is 0. The molecule has 1 unspecified atom stereocenters. The number of hydrogen-bond acceptors (Lipinski definition) is 3. The molecule has 0 spiro atoms. The van der Waals surface area contributed by atoms with E-state index in [1.165, 1.54) is 0 Å². The molecule has 4 nitrogen and oxygen atoms in total. The lowest BCUT2D eigenvalue weighted by atomic mass is 9.88. The molecule has 2 rings (SSSR count). The highest BCUT2D eigenvalue weighted by atomic mass is 16.1. The van der Waals surface area contributed by atoms with Crippen LogP contribution in [0.2, 0.25) is 0 Å². The minimum absolute atomic E-state index is 0.125. The molecule has 2 aromatic carbocycles. The van der Waals surface area contributed by atoms with Crippen LogP contribution in [0.1, 0.15) is 24.8 Å². The topological polar surface area (TPSA) is 58.7 Å². The van der Waals surface area contributed by atoms with Crippen molar-refractivity contribution in [3.63, 3.8) is 0 Å². The Bertz CT molecular complexity index is 723. The third kappa shape index (κ3) is 4.80. The predicted octanol–water partition coefficient (Wildman–Crippen LogP) is 3.88. The monoisotopic (exact) mass is 335 g/mol. The minimum Gasteiger partial charge on any atom is -0.404 e. The van der Waals surface area contributed by atoms with Crippen molar-refractivity contribution in [1.82, 2.24) is 4.90 Å². The molecule has 0 aliphatic rings. The first-order valence-electron chi connectivity index (χ1n) is 8.46. The Balaban J connectivity index is 2.51. The van der Waals surface area contributed by atoms with Crippen molar-refractivity contribution < 1.29 is 4.79 Å². The maximum Gasteiger partial charge on any atom is 0.134 e. The second-order valence-corrected chi connectivity index (χ2v) is 5.77. The number of hydrogen-bond donors (Lipinski definition) is 1. The Kier molecular flexibility index (Phi) is 6.96. The van der Waals surface area contributed by atoms with Gasteiger partial charge < -0.3 is 15.4 Å². The number of aliphatic imine (C=N–C) groups is 1. The molecule has 0 fully saturated rings. The molecular formula is C21H25N3O. The standard InChI is InChI=1S/C21H25N3O/c1-3-24(2)21(23-18-12-8-5-9-13-18)20(16-22)19(14-15-25)17-10-6-4-7-11-17/h4-13,15-16,19H,3,14,22H2,1-2H3/b20-16-,23-21?. The summed E-state index contributed by atoms with van der Waals surface area (Å²) in [5, 5.41) is 0. The molecule has 0 aliphatic carbocycles. The maximum absolute atomic E-state index is 11.3. The molecule has 1 atom stereocenters. The lowest BCUT2D eigenvalue weighted by Crippen LogP contribution is -2.31. The van der Waals surface area contributed by atoms with E-state index >= 15 is 0 Å². The first kappa shape index (κ1) is 18.5. The van der Waals surface area contributed by atoms with Crippen molar-refractivity contribution in [2.24, 2.45) is 10.7 Å². The summed E-state index contributed by atoms with van der Waals surface area (Å²) in [5.74, 6) is 0.659. The van der Waals surface area contributed by atoms with Gasteiger partial charge in [0.15, 0.2) is 0 Å². The molecule has 2 N–H and O–H groups in total. The summed E-state index contributed by atoms with van der Waals surface area (Å²) in [7, 11) is 1.98. The average molecular weight is 335 g/mol. The molecular weight excluding hydrogens is 310 g/mol. The van der Waals surface area contributed by atoms with Crippen LogP contribution in [0.3, 0.4) is 0 Å². The highest BCUT2D eigenvalue weighted by Gasteiger charge is 2.23. The van der Waals surface area contributed by atoms with Crippen molar-refractivity contribution in [3.05, 3.63) is 78.0 Å². The number of nitrogens with zero attached hydrogens (tertiary/aromatic N) is 2. The van der Waals surface area contributed by atoms with Crippen molar-refractivity contribution in [1.29, 1.82) is 0 Å². The van der Waals surface area contributed by atoms with Gasteiger partial charge in [0, 0.05) is 37.7 Å². The summed E-state index contributed by atoms with van der Waals surface area (Å²) in [6.45, 7) is 2.84. The number of nitrogens with two attached hydrogens (primary N) is 1. The summed E-state index contributed by atoms with van der Waals surface area (Å²) in [5.41, 5.74) is 8.77. The minimum atomic E-state index is -0.125. The molecule has 0 saturated carbocycles. The quantitative estimate of drug-likeness (QED) is 0.474. The zero-order valence-corrected chi connectivity index (χ0v) is 14.8. The molecule has 0 saturated heterocycles. The third-order valence-electron chi connectivity index (χ3n) is 4.17. The number of carbonyl (C=O) groups is 1. The summed E-state index contributed by atoms with van der Waals surface area (Å²) in [6, 6.07) is 19.7. The molecule has 4 heteroatoms. The number of rotatable bonds is 7. The maximum atomic E-state index is 11.3. The fourth-order valence-corrected chi connectivity index (χ4v) is 2.72.